The lowest BCUT2D eigenvalue weighted by Gasteiger charge is -2.64. The van der Waals surface area contributed by atoms with Gasteiger partial charge in [0.2, 0.25) is 0 Å². The van der Waals surface area contributed by atoms with Crippen LogP contribution in [0.25, 0.3) is 0 Å². The third-order valence-corrected chi connectivity index (χ3v) is 11.7. The first kappa shape index (κ1) is 22.8. The van der Waals surface area contributed by atoms with E-state index in [4.69, 9.17) is 0 Å². The van der Waals surface area contributed by atoms with Crippen molar-refractivity contribution in [2.45, 2.75) is 104 Å². The molecule has 4 aliphatic rings. The zero-order chi connectivity index (χ0) is 21.0. The highest BCUT2D eigenvalue weighted by Gasteiger charge is 2.64. The number of hydrogen-bond donors (Lipinski definition) is 2. The van der Waals surface area contributed by atoms with E-state index in [1.54, 1.807) is 0 Å². The van der Waals surface area contributed by atoms with E-state index in [1.807, 2.05) is 0 Å². The Labute approximate surface area is 193 Å². The van der Waals surface area contributed by atoms with Gasteiger partial charge in [-0.1, -0.05) is 56.7 Å². The molecule has 11 atom stereocenters. The van der Waals surface area contributed by atoms with Gasteiger partial charge in [-0.2, -0.15) is 0 Å². The predicted octanol–water partition coefficient (Wildman–Crippen LogP) is 6.46. The molecule has 168 valence electrons. The Morgan fingerprint density at radius 3 is 2.34 bits per heavy atom. The molecule has 2 nitrogen and oxygen atoms in total. The minimum atomic E-state index is -0.151. The zero-order valence-corrected chi connectivity index (χ0v) is 21.4. The number of aliphatic hydroxyl groups excluding tert-OH is 2. The van der Waals surface area contributed by atoms with Gasteiger partial charge in [-0.3, -0.25) is 0 Å². The van der Waals surface area contributed by atoms with Crippen LogP contribution in [0.4, 0.5) is 0 Å². The van der Waals surface area contributed by atoms with Gasteiger partial charge in [0.25, 0.3) is 0 Å². The van der Waals surface area contributed by atoms with Crippen molar-refractivity contribution < 1.29 is 10.2 Å². The molecule has 0 spiro atoms. The third-order valence-electron chi connectivity index (χ3n) is 10.9. The molecular weight excluding hydrogens is 471 g/mol. The molecule has 3 heteroatoms. The summed E-state index contributed by atoms with van der Waals surface area (Å²) < 4.78 is 1.28. The molecule has 0 aliphatic heterocycles. The molecule has 0 amide bonds. The smallest absolute Gasteiger partial charge is 0.0605 e. The summed E-state index contributed by atoms with van der Waals surface area (Å²) in [5.41, 5.74) is 0.762. The fourth-order valence-electron chi connectivity index (χ4n) is 9.53. The van der Waals surface area contributed by atoms with E-state index in [-0.39, 0.29) is 12.2 Å². The highest BCUT2D eigenvalue weighted by molar-refractivity contribution is 14.1. The second-order valence-electron chi connectivity index (χ2n) is 11.9. The molecule has 0 aromatic carbocycles. The van der Waals surface area contributed by atoms with Crippen LogP contribution >= 0.6 is 22.6 Å². The van der Waals surface area contributed by atoms with Gasteiger partial charge in [-0.05, 0) is 114 Å². The molecule has 0 bridgehead atoms. The maximum Gasteiger partial charge on any atom is 0.0605 e. The SMILES string of the molecule is CC[C@H]1[C@@H](O)[C@@H]2[C@H](CC[C@]3(C)[C@@H]([C@H](C)CCCI)CC[C@@H]23)[C@@]2(C)CC[C@@H](O)C[C@@H]12. The summed E-state index contributed by atoms with van der Waals surface area (Å²) in [5.74, 6) is 4.44. The van der Waals surface area contributed by atoms with Crippen LogP contribution in [0.1, 0.15) is 91.9 Å². The van der Waals surface area contributed by atoms with Crippen LogP contribution in [0.15, 0.2) is 0 Å². The number of alkyl halides is 1. The Bertz CT molecular complexity index is 581. The van der Waals surface area contributed by atoms with Crippen molar-refractivity contribution in [3.63, 3.8) is 0 Å². The molecule has 4 aliphatic carbocycles. The molecule has 29 heavy (non-hydrogen) atoms. The molecule has 4 saturated carbocycles. The Balaban J connectivity index is 1.63. The molecule has 2 N–H and O–H groups in total. The minimum Gasteiger partial charge on any atom is -0.393 e. The van der Waals surface area contributed by atoms with Crippen molar-refractivity contribution in [1.29, 1.82) is 0 Å². The van der Waals surface area contributed by atoms with Gasteiger partial charge in [-0.15, -0.1) is 0 Å². The van der Waals surface area contributed by atoms with Crippen LogP contribution in [0.2, 0.25) is 0 Å². The summed E-state index contributed by atoms with van der Waals surface area (Å²) in [5, 5.41) is 22.2. The molecule has 0 aromatic rings. The van der Waals surface area contributed by atoms with E-state index < -0.39 is 0 Å². The molecule has 4 fully saturated rings. The quantitative estimate of drug-likeness (QED) is 0.325. The Morgan fingerprint density at radius 1 is 0.966 bits per heavy atom. The molecule has 0 unspecified atom stereocenters. The average molecular weight is 517 g/mol. The van der Waals surface area contributed by atoms with Gasteiger partial charge in [0.05, 0.1) is 12.2 Å². The predicted molar refractivity (Wildman–Crippen MR) is 129 cm³/mol. The molecule has 4 rings (SSSR count). The van der Waals surface area contributed by atoms with E-state index in [2.05, 4.69) is 50.3 Å². The van der Waals surface area contributed by atoms with Gasteiger partial charge in [0.15, 0.2) is 0 Å². The maximum absolute atomic E-state index is 11.7. The number of rotatable bonds is 5. The second-order valence-corrected chi connectivity index (χ2v) is 13.0. The zero-order valence-electron chi connectivity index (χ0n) is 19.2. The lowest BCUT2D eigenvalue weighted by atomic mass is 9.41. The van der Waals surface area contributed by atoms with Crippen LogP contribution in [-0.2, 0) is 0 Å². The van der Waals surface area contributed by atoms with Crippen LogP contribution in [0.3, 0.4) is 0 Å². The van der Waals surface area contributed by atoms with Crippen molar-refractivity contribution in [3.8, 4) is 0 Å². The first-order valence-corrected chi connectivity index (χ1v) is 14.2. The van der Waals surface area contributed by atoms with Crippen molar-refractivity contribution >= 4 is 22.6 Å². The van der Waals surface area contributed by atoms with E-state index in [9.17, 15) is 10.2 Å². The van der Waals surface area contributed by atoms with E-state index in [1.165, 1.54) is 49.4 Å². The van der Waals surface area contributed by atoms with Gasteiger partial charge < -0.3 is 10.2 Å². The third kappa shape index (κ3) is 3.56. The highest BCUT2D eigenvalue weighted by atomic mass is 127. The fraction of sp³-hybridized carbons (Fsp3) is 1.00. The highest BCUT2D eigenvalue weighted by Crippen LogP contribution is 2.69. The van der Waals surface area contributed by atoms with E-state index in [0.29, 0.717) is 40.4 Å². The first-order chi connectivity index (χ1) is 13.8. The minimum absolute atomic E-state index is 0.144. The van der Waals surface area contributed by atoms with Crippen LogP contribution in [-0.4, -0.2) is 26.8 Å². The van der Waals surface area contributed by atoms with Crippen molar-refractivity contribution in [2.75, 3.05) is 4.43 Å². The molecule has 0 radical (unpaired) electrons. The van der Waals surface area contributed by atoms with Crippen LogP contribution in [0, 0.1) is 52.3 Å². The number of aliphatic hydroxyl groups is 2. The molecule has 0 saturated heterocycles. The number of hydrogen-bond acceptors (Lipinski definition) is 2. The maximum atomic E-state index is 11.7. The largest absolute Gasteiger partial charge is 0.393 e. The summed E-state index contributed by atoms with van der Waals surface area (Å²) in [6.45, 7) is 9.95. The Kier molecular flexibility index (Phi) is 6.72. The molecule has 0 aromatic heterocycles. The van der Waals surface area contributed by atoms with Crippen molar-refractivity contribution in [2.24, 2.45) is 52.3 Å². The summed E-state index contributed by atoms with van der Waals surface area (Å²) in [4.78, 5) is 0. The standard InChI is InChI=1S/C26H45IO2/c1-5-18-22-15-17(28)10-12-26(22,4)21-11-13-25(3)19(16(2)7-6-14-27)8-9-20(25)23(21)24(18)29/h16-24,28-29H,5-15H2,1-4H3/t16-,17-,18-,19-,20+,21+,22+,23+,24-,25-,26-/m1/s1. The lowest BCUT2D eigenvalue weighted by molar-refractivity contribution is -0.203. The van der Waals surface area contributed by atoms with Gasteiger partial charge in [0.1, 0.15) is 0 Å². The summed E-state index contributed by atoms with van der Waals surface area (Å²) in [7, 11) is 0. The van der Waals surface area contributed by atoms with E-state index >= 15 is 0 Å². The van der Waals surface area contributed by atoms with Crippen molar-refractivity contribution in [3.05, 3.63) is 0 Å². The van der Waals surface area contributed by atoms with Gasteiger partial charge in [0, 0.05) is 0 Å². The summed E-state index contributed by atoms with van der Waals surface area (Å²) in [6.07, 6.45) is 12.0. The Hall–Kier alpha value is 0.650. The van der Waals surface area contributed by atoms with Gasteiger partial charge >= 0.3 is 0 Å². The number of fused-ring (bicyclic) bond motifs is 5. The van der Waals surface area contributed by atoms with Crippen LogP contribution < -0.4 is 0 Å². The molecular formula is C26H45IO2. The van der Waals surface area contributed by atoms with Gasteiger partial charge in [-0.25, -0.2) is 0 Å². The number of halogens is 1. The monoisotopic (exact) mass is 516 g/mol. The lowest BCUT2D eigenvalue weighted by Crippen LogP contribution is -2.62. The van der Waals surface area contributed by atoms with Crippen LogP contribution in [0.5, 0.6) is 0 Å². The topological polar surface area (TPSA) is 40.5 Å². The van der Waals surface area contributed by atoms with Crippen molar-refractivity contribution in [1.82, 2.24) is 0 Å². The first-order valence-electron chi connectivity index (χ1n) is 12.7. The fourth-order valence-corrected chi connectivity index (χ4v) is 9.97. The average Bonchev–Trinajstić information content (AvgIpc) is 3.05. The Morgan fingerprint density at radius 2 is 1.66 bits per heavy atom. The molecule has 0 heterocycles. The normalized spacial score (nSPS) is 53.1. The summed E-state index contributed by atoms with van der Waals surface area (Å²) >= 11 is 2.53. The second kappa shape index (κ2) is 8.54. The van der Waals surface area contributed by atoms with E-state index in [0.717, 1.165) is 31.1 Å². The summed E-state index contributed by atoms with van der Waals surface area (Å²) in [6, 6.07) is 0.